The lowest BCUT2D eigenvalue weighted by atomic mass is 10.1. The molecule has 0 saturated heterocycles. The van der Waals surface area contributed by atoms with E-state index in [0.29, 0.717) is 11.0 Å². The number of fused-ring (bicyclic) bond motifs is 1. The van der Waals surface area contributed by atoms with Crippen LogP contribution < -0.4 is 5.69 Å². The standard InChI is InChI=1S/C12H14N2O3/c1-7-4-5-9-8(6-7)13-11(17)14(9)12(2,3)10(15)16/h4-6H,1-3H3,(H,13,17)(H,15,16). The van der Waals surface area contributed by atoms with Gasteiger partial charge in [-0.25, -0.2) is 9.59 Å². The fourth-order valence-electron chi connectivity index (χ4n) is 1.88. The highest BCUT2D eigenvalue weighted by atomic mass is 16.4. The smallest absolute Gasteiger partial charge is 0.329 e. The van der Waals surface area contributed by atoms with Crippen LogP contribution in [0.4, 0.5) is 0 Å². The lowest BCUT2D eigenvalue weighted by molar-refractivity contribution is -0.145. The van der Waals surface area contributed by atoms with Crippen molar-refractivity contribution in [2.75, 3.05) is 0 Å². The highest BCUT2D eigenvalue weighted by Crippen LogP contribution is 2.20. The monoisotopic (exact) mass is 234 g/mol. The van der Waals surface area contributed by atoms with Crippen LogP contribution in [0, 0.1) is 6.92 Å². The number of rotatable bonds is 2. The molecule has 1 aromatic heterocycles. The van der Waals surface area contributed by atoms with Gasteiger partial charge in [0.05, 0.1) is 11.0 Å². The van der Waals surface area contributed by atoms with Crippen molar-refractivity contribution in [2.45, 2.75) is 26.3 Å². The molecule has 0 radical (unpaired) electrons. The van der Waals surface area contributed by atoms with Crippen LogP contribution >= 0.6 is 0 Å². The third-order valence-corrected chi connectivity index (χ3v) is 2.92. The molecule has 2 N–H and O–H groups in total. The molecule has 1 heterocycles. The summed E-state index contributed by atoms with van der Waals surface area (Å²) in [5.74, 6) is -1.04. The van der Waals surface area contributed by atoms with Crippen molar-refractivity contribution in [3.8, 4) is 0 Å². The Morgan fingerprint density at radius 1 is 1.41 bits per heavy atom. The van der Waals surface area contributed by atoms with Crippen molar-refractivity contribution in [1.82, 2.24) is 9.55 Å². The normalized spacial score (nSPS) is 11.9. The first-order chi connectivity index (χ1) is 7.84. The Kier molecular flexibility index (Phi) is 2.34. The molecule has 0 spiro atoms. The number of aliphatic carboxylic acids is 1. The van der Waals surface area contributed by atoms with Gasteiger partial charge >= 0.3 is 11.7 Å². The Labute approximate surface area is 97.7 Å². The molecular formula is C12H14N2O3. The van der Waals surface area contributed by atoms with Gasteiger partial charge in [-0.2, -0.15) is 0 Å². The van der Waals surface area contributed by atoms with Crippen LogP contribution in [0.1, 0.15) is 19.4 Å². The molecule has 0 bridgehead atoms. The average molecular weight is 234 g/mol. The molecule has 0 saturated carbocycles. The van der Waals surface area contributed by atoms with Crippen LogP contribution in [-0.4, -0.2) is 20.6 Å². The summed E-state index contributed by atoms with van der Waals surface area (Å²) in [7, 11) is 0. The Bertz CT molecular complexity index is 649. The molecule has 5 nitrogen and oxygen atoms in total. The molecule has 17 heavy (non-hydrogen) atoms. The van der Waals surface area contributed by atoms with E-state index < -0.39 is 17.2 Å². The van der Waals surface area contributed by atoms with E-state index in [9.17, 15) is 14.7 Å². The number of H-pyrrole nitrogens is 1. The fourth-order valence-corrected chi connectivity index (χ4v) is 1.88. The second-order valence-electron chi connectivity index (χ2n) is 4.65. The molecule has 0 atom stereocenters. The van der Waals surface area contributed by atoms with Crippen molar-refractivity contribution < 1.29 is 9.90 Å². The van der Waals surface area contributed by atoms with Gasteiger partial charge in [0.2, 0.25) is 0 Å². The van der Waals surface area contributed by atoms with Crippen LogP contribution in [0.2, 0.25) is 0 Å². The number of hydrogen-bond acceptors (Lipinski definition) is 2. The van der Waals surface area contributed by atoms with E-state index in [1.165, 1.54) is 18.4 Å². The highest BCUT2D eigenvalue weighted by molar-refractivity contribution is 5.82. The number of nitrogens with zero attached hydrogens (tertiary/aromatic N) is 1. The van der Waals surface area contributed by atoms with E-state index in [1.807, 2.05) is 19.1 Å². The van der Waals surface area contributed by atoms with Crippen molar-refractivity contribution in [3.05, 3.63) is 34.2 Å². The SMILES string of the molecule is Cc1ccc2c(c1)[nH]c(=O)n2C(C)(C)C(=O)O. The third-order valence-electron chi connectivity index (χ3n) is 2.92. The molecule has 0 aliphatic carbocycles. The fraction of sp³-hybridized carbons (Fsp3) is 0.333. The molecule has 1 aromatic carbocycles. The van der Waals surface area contributed by atoms with Gasteiger partial charge < -0.3 is 10.1 Å². The van der Waals surface area contributed by atoms with Gasteiger partial charge in [-0.3, -0.25) is 4.57 Å². The van der Waals surface area contributed by atoms with Gasteiger partial charge in [0.1, 0.15) is 5.54 Å². The van der Waals surface area contributed by atoms with Gasteiger partial charge in [0.25, 0.3) is 0 Å². The molecule has 0 unspecified atom stereocenters. The van der Waals surface area contributed by atoms with Crippen LogP contribution in [0.25, 0.3) is 11.0 Å². The van der Waals surface area contributed by atoms with Gasteiger partial charge in [-0.05, 0) is 38.5 Å². The quantitative estimate of drug-likeness (QED) is 0.826. The summed E-state index contributed by atoms with van der Waals surface area (Å²) in [6.45, 7) is 4.92. The van der Waals surface area contributed by atoms with Crippen LogP contribution in [0.3, 0.4) is 0 Å². The van der Waals surface area contributed by atoms with E-state index in [1.54, 1.807) is 6.07 Å². The third kappa shape index (κ3) is 1.63. The van der Waals surface area contributed by atoms with Crippen molar-refractivity contribution >= 4 is 17.0 Å². The van der Waals surface area contributed by atoms with E-state index in [0.717, 1.165) is 5.56 Å². The number of carbonyl (C=O) groups is 1. The average Bonchev–Trinajstić information content (AvgIpc) is 2.53. The molecule has 0 aliphatic rings. The van der Waals surface area contributed by atoms with Crippen LogP contribution in [-0.2, 0) is 10.3 Å². The number of nitrogens with one attached hydrogen (secondary N) is 1. The molecule has 0 aliphatic heterocycles. The van der Waals surface area contributed by atoms with Gasteiger partial charge in [-0.15, -0.1) is 0 Å². The predicted molar refractivity (Wildman–Crippen MR) is 64.3 cm³/mol. The Hall–Kier alpha value is -2.04. The Morgan fingerprint density at radius 3 is 2.65 bits per heavy atom. The van der Waals surface area contributed by atoms with Gasteiger partial charge in [-0.1, -0.05) is 6.07 Å². The zero-order valence-corrected chi connectivity index (χ0v) is 9.94. The van der Waals surface area contributed by atoms with Crippen LogP contribution in [0.15, 0.2) is 23.0 Å². The van der Waals surface area contributed by atoms with Gasteiger partial charge in [0, 0.05) is 0 Å². The second kappa shape index (κ2) is 3.48. The highest BCUT2D eigenvalue weighted by Gasteiger charge is 2.32. The summed E-state index contributed by atoms with van der Waals surface area (Å²) in [4.78, 5) is 25.7. The van der Waals surface area contributed by atoms with E-state index >= 15 is 0 Å². The van der Waals surface area contributed by atoms with E-state index in [-0.39, 0.29) is 0 Å². The first kappa shape index (κ1) is 11.4. The molecule has 2 aromatic rings. The summed E-state index contributed by atoms with van der Waals surface area (Å²) < 4.78 is 1.27. The number of aromatic amines is 1. The molecule has 0 amide bonds. The minimum Gasteiger partial charge on any atom is -0.480 e. The summed E-state index contributed by atoms with van der Waals surface area (Å²) in [6.07, 6.45) is 0. The lowest BCUT2D eigenvalue weighted by Gasteiger charge is -2.21. The lowest BCUT2D eigenvalue weighted by Crippen LogP contribution is -2.41. The van der Waals surface area contributed by atoms with Crippen molar-refractivity contribution in [3.63, 3.8) is 0 Å². The number of aromatic nitrogens is 2. The maximum absolute atomic E-state index is 11.8. The first-order valence-electron chi connectivity index (χ1n) is 5.29. The van der Waals surface area contributed by atoms with E-state index in [2.05, 4.69) is 4.98 Å². The second-order valence-corrected chi connectivity index (χ2v) is 4.65. The molecule has 90 valence electrons. The number of hydrogen-bond donors (Lipinski definition) is 2. The number of benzene rings is 1. The molecule has 0 fully saturated rings. The minimum atomic E-state index is -1.27. The summed E-state index contributed by atoms with van der Waals surface area (Å²) in [6, 6.07) is 5.43. The number of imidazole rings is 1. The zero-order chi connectivity index (χ0) is 12.8. The molecule has 2 rings (SSSR count). The number of carboxylic acid groups (broad SMARTS) is 1. The van der Waals surface area contributed by atoms with Crippen LogP contribution in [0.5, 0.6) is 0 Å². The summed E-state index contributed by atoms with van der Waals surface area (Å²) >= 11 is 0. The van der Waals surface area contributed by atoms with Gasteiger partial charge in [0.15, 0.2) is 0 Å². The summed E-state index contributed by atoms with van der Waals surface area (Å²) in [5.41, 5.74) is 0.597. The van der Waals surface area contributed by atoms with E-state index in [4.69, 9.17) is 0 Å². The number of carboxylic acids is 1. The van der Waals surface area contributed by atoms with Crippen molar-refractivity contribution in [1.29, 1.82) is 0 Å². The number of aryl methyl sites for hydroxylation is 1. The van der Waals surface area contributed by atoms with Crippen molar-refractivity contribution in [2.24, 2.45) is 0 Å². The minimum absolute atomic E-state index is 0.405. The largest absolute Gasteiger partial charge is 0.480 e. The predicted octanol–water partition coefficient (Wildman–Crippen LogP) is 1.46. The summed E-state index contributed by atoms with van der Waals surface area (Å²) in [5, 5.41) is 9.18. The topological polar surface area (TPSA) is 75.1 Å². The maximum Gasteiger partial charge on any atom is 0.329 e. The zero-order valence-electron chi connectivity index (χ0n) is 9.94. The Balaban J connectivity index is 2.83. The molecular weight excluding hydrogens is 220 g/mol. The Morgan fingerprint density at radius 2 is 2.06 bits per heavy atom. The molecule has 5 heteroatoms. The first-order valence-corrected chi connectivity index (χ1v) is 5.29. The maximum atomic E-state index is 11.8.